The first kappa shape index (κ1) is 21.6. The van der Waals surface area contributed by atoms with Crippen LogP contribution in [0.15, 0.2) is 34.9 Å². The van der Waals surface area contributed by atoms with Gasteiger partial charge in [-0.3, -0.25) is 0 Å². The fourth-order valence-corrected chi connectivity index (χ4v) is 5.69. The number of hydrogen-bond donors (Lipinski definition) is 3. The molecule has 3 N–H and O–H groups in total. The molecule has 4 aliphatic rings. The van der Waals surface area contributed by atoms with E-state index in [2.05, 4.69) is 5.32 Å². The molecule has 0 aromatic carbocycles. The third-order valence-corrected chi connectivity index (χ3v) is 6.98. The predicted molar refractivity (Wildman–Crippen MR) is 104 cm³/mol. The van der Waals surface area contributed by atoms with Crippen molar-refractivity contribution >= 4 is 0 Å². The van der Waals surface area contributed by atoms with Gasteiger partial charge < -0.3 is 15.5 Å². The topological polar surface area (TPSA) is 52.5 Å². The number of hydrogen-bond acceptors (Lipinski definition) is 3. The van der Waals surface area contributed by atoms with E-state index >= 15 is 0 Å². The first-order valence-electron chi connectivity index (χ1n) is 10.2. The molecule has 158 valence electrons. The summed E-state index contributed by atoms with van der Waals surface area (Å²) in [5.41, 5.74) is -1.68. The molecule has 28 heavy (non-hydrogen) atoms. The third kappa shape index (κ3) is 3.71. The maximum absolute atomic E-state index is 13.9. The van der Waals surface area contributed by atoms with E-state index in [1.165, 1.54) is 0 Å². The van der Waals surface area contributed by atoms with E-state index in [-0.39, 0.29) is 23.8 Å². The standard InChI is InChI=1S/C20H25F3O2.C2H7N/c1-18-7-2-3-17(18)19(25)8-6-12-4-5-14(24)9-13(12)10-15(19)16(11-18)20(21,22)23;1-3-2/h2,7,10,12,14,17,24-25H,3-6,8-9,11H2,1H3;3H,1-2H3/t12?,14?,17?,18?,19-;/m1./s1. The van der Waals surface area contributed by atoms with Crippen LogP contribution in [0.3, 0.4) is 0 Å². The average Bonchev–Trinajstić information content (AvgIpc) is 2.92. The van der Waals surface area contributed by atoms with Gasteiger partial charge in [0.2, 0.25) is 0 Å². The summed E-state index contributed by atoms with van der Waals surface area (Å²) in [4.78, 5) is 0. The van der Waals surface area contributed by atoms with Crippen molar-refractivity contribution in [2.75, 3.05) is 14.1 Å². The summed E-state index contributed by atoms with van der Waals surface area (Å²) in [6.45, 7) is 1.84. The highest BCUT2D eigenvalue weighted by Gasteiger charge is 2.58. The SMILES string of the molecule is CC12C=CCC1[C@@]1(O)CCC3CCC(O)CC3=CC1=C(C(F)(F)F)C2.CNC. The van der Waals surface area contributed by atoms with Gasteiger partial charge in [0.25, 0.3) is 0 Å². The van der Waals surface area contributed by atoms with Crippen LogP contribution < -0.4 is 5.32 Å². The number of alkyl halides is 3. The third-order valence-electron chi connectivity index (χ3n) is 6.98. The molecular formula is C22H32F3NO2. The lowest BCUT2D eigenvalue weighted by Crippen LogP contribution is -2.50. The molecule has 0 aliphatic heterocycles. The van der Waals surface area contributed by atoms with Gasteiger partial charge in [0.15, 0.2) is 0 Å². The Labute approximate surface area is 165 Å². The Morgan fingerprint density at radius 1 is 1.18 bits per heavy atom. The number of fused-ring (bicyclic) bond motifs is 4. The smallest absolute Gasteiger partial charge is 0.393 e. The van der Waals surface area contributed by atoms with Crippen molar-refractivity contribution in [1.82, 2.24) is 5.32 Å². The lowest BCUT2D eigenvalue weighted by molar-refractivity contribution is -0.114. The molecule has 4 aliphatic carbocycles. The number of halogens is 3. The fraction of sp³-hybridized carbons (Fsp3) is 0.727. The molecule has 4 unspecified atom stereocenters. The maximum atomic E-state index is 13.9. The van der Waals surface area contributed by atoms with E-state index in [0.29, 0.717) is 32.1 Å². The van der Waals surface area contributed by atoms with Crippen LogP contribution >= 0.6 is 0 Å². The molecule has 0 bridgehead atoms. The molecule has 0 aromatic rings. The Bertz CT molecular complexity index is 696. The number of aliphatic hydroxyl groups excluding tert-OH is 1. The number of aliphatic hydroxyl groups is 2. The molecule has 4 rings (SSSR count). The van der Waals surface area contributed by atoms with E-state index in [1.807, 2.05) is 33.2 Å². The molecule has 0 heterocycles. The van der Waals surface area contributed by atoms with E-state index in [9.17, 15) is 23.4 Å². The van der Waals surface area contributed by atoms with Gasteiger partial charge in [0.1, 0.15) is 0 Å². The Hall–Kier alpha value is -1.11. The molecule has 0 aromatic heterocycles. The summed E-state index contributed by atoms with van der Waals surface area (Å²) in [6.07, 6.45) is 3.98. The normalized spacial score (nSPS) is 39.9. The van der Waals surface area contributed by atoms with Crippen LogP contribution in [0.4, 0.5) is 13.2 Å². The molecule has 0 radical (unpaired) electrons. The van der Waals surface area contributed by atoms with Crippen LogP contribution in [0.2, 0.25) is 0 Å². The largest absolute Gasteiger partial charge is 0.413 e. The number of allylic oxidation sites excluding steroid dienone is 3. The van der Waals surface area contributed by atoms with Crippen LogP contribution in [0.1, 0.15) is 51.9 Å². The average molecular weight is 399 g/mol. The van der Waals surface area contributed by atoms with Crippen LogP contribution in [0.25, 0.3) is 0 Å². The molecule has 5 atom stereocenters. The molecule has 0 amide bonds. The van der Waals surface area contributed by atoms with Gasteiger partial charge in [-0.1, -0.05) is 30.7 Å². The van der Waals surface area contributed by atoms with Crippen LogP contribution in [-0.4, -0.2) is 42.2 Å². The highest BCUT2D eigenvalue weighted by Crippen LogP contribution is 2.60. The number of rotatable bonds is 0. The maximum Gasteiger partial charge on any atom is 0.413 e. The van der Waals surface area contributed by atoms with Gasteiger partial charge in [-0.25, -0.2) is 0 Å². The van der Waals surface area contributed by atoms with Gasteiger partial charge >= 0.3 is 6.18 Å². The van der Waals surface area contributed by atoms with E-state index < -0.39 is 28.9 Å². The lowest BCUT2D eigenvalue weighted by atomic mass is 9.58. The quantitative estimate of drug-likeness (QED) is 0.533. The molecule has 1 fully saturated rings. The highest BCUT2D eigenvalue weighted by atomic mass is 19.4. The fourth-order valence-electron chi connectivity index (χ4n) is 5.69. The zero-order valence-electron chi connectivity index (χ0n) is 16.9. The van der Waals surface area contributed by atoms with Gasteiger partial charge in [-0.05, 0) is 75.9 Å². The number of nitrogens with one attached hydrogen (secondary N) is 1. The summed E-state index contributed by atoms with van der Waals surface area (Å²) >= 11 is 0. The monoisotopic (exact) mass is 399 g/mol. The van der Waals surface area contributed by atoms with E-state index in [0.717, 1.165) is 12.0 Å². The van der Waals surface area contributed by atoms with Crippen molar-refractivity contribution in [3.63, 3.8) is 0 Å². The van der Waals surface area contributed by atoms with Crippen LogP contribution in [-0.2, 0) is 0 Å². The zero-order valence-corrected chi connectivity index (χ0v) is 16.9. The van der Waals surface area contributed by atoms with Gasteiger partial charge in [0, 0.05) is 11.5 Å². The lowest BCUT2D eigenvalue weighted by Gasteiger charge is -2.49. The summed E-state index contributed by atoms with van der Waals surface area (Å²) in [7, 11) is 3.75. The van der Waals surface area contributed by atoms with Crippen molar-refractivity contribution < 1.29 is 23.4 Å². The van der Waals surface area contributed by atoms with Gasteiger partial charge in [-0.15, -0.1) is 0 Å². The minimum absolute atomic E-state index is 0.0771. The van der Waals surface area contributed by atoms with Crippen molar-refractivity contribution in [2.24, 2.45) is 17.3 Å². The summed E-state index contributed by atoms with van der Waals surface area (Å²) in [6, 6.07) is 0. The predicted octanol–water partition coefficient (Wildman–Crippen LogP) is 4.28. The van der Waals surface area contributed by atoms with Crippen LogP contribution in [0.5, 0.6) is 0 Å². The van der Waals surface area contributed by atoms with E-state index in [1.54, 1.807) is 6.08 Å². The Kier molecular flexibility index (Phi) is 5.87. The Balaban J connectivity index is 0.000000706. The van der Waals surface area contributed by atoms with Crippen molar-refractivity contribution in [3.05, 3.63) is 34.9 Å². The summed E-state index contributed by atoms with van der Waals surface area (Å²) < 4.78 is 41.6. The zero-order chi connectivity index (χ0) is 20.7. The van der Waals surface area contributed by atoms with E-state index in [4.69, 9.17) is 0 Å². The molecule has 1 saturated carbocycles. The Morgan fingerprint density at radius 3 is 2.50 bits per heavy atom. The first-order valence-corrected chi connectivity index (χ1v) is 10.2. The second-order valence-electron chi connectivity index (χ2n) is 9.08. The van der Waals surface area contributed by atoms with Crippen molar-refractivity contribution in [1.29, 1.82) is 0 Å². The second kappa shape index (κ2) is 7.62. The van der Waals surface area contributed by atoms with Gasteiger partial charge in [0.05, 0.1) is 11.7 Å². The summed E-state index contributed by atoms with van der Waals surface area (Å²) in [5.74, 6) is -0.0244. The van der Waals surface area contributed by atoms with Gasteiger partial charge in [-0.2, -0.15) is 13.2 Å². The minimum Gasteiger partial charge on any atom is -0.393 e. The summed E-state index contributed by atoms with van der Waals surface area (Å²) in [5, 5.41) is 24.3. The minimum atomic E-state index is -4.45. The van der Waals surface area contributed by atoms with Crippen LogP contribution in [0, 0.1) is 17.3 Å². The highest BCUT2D eigenvalue weighted by molar-refractivity contribution is 5.47. The van der Waals surface area contributed by atoms with Crippen molar-refractivity contribution in [2.45, 2.75) is 69.8 Å². The van der Waals surface area contributed by atoms with Crippen molar-refractivity contribution in [3.8, 4) is 0 Å². The molecule has 0 spiro atoms. The second-order valence-corrected chi connectivity index (χ2v) is 9.08. The molecule has 0 saturated heterocycles. The molecule has 6 heteroatoms. The Morgan fingerprint density at radius 2 is 1.86 bits per heavy atom. The molecule has 3 nitrogen and oxygen atoms in total. The first-order chi connectivity index (χ1) is 13.0. The molecular weight excluding hydrogens is 367 g/mol.